The van der Waals surface area contributed by atoms with Crippen LogP contribution in [0.15, 0.2) is 36.5 Å². The Hall–Kier alpha value is -1.73. The first-order chi connectivity index (χ1) is 23.8. The van der Waals surface area contributed by atoms with Gasteiger partial charge in [-0.15, -0.1) is 0 Å². The molecule has 0 heterocycles. The van der Waals surface area contributed by atoms with Gasteiger partial charge in [-0.05, 0) is 44.9 Å². The molecule has 0 spiro atoms. The van der Waals surface area contributed by atoms with Crippen LogP contribution in [-0.4, -0.2) is 41.0 Å². The molecule has 0 rings (SSSR count). The van der Waals surface area contributed by atoms with Crippen LogP contribution in [0.5, 0.6) is 0 Å². The van der Waals surface area contributed by atoms with Gasteiger partial charge in [0.2, 0.25) is 0 Å². The van der Waals surface area contributed by atoms with Crippen molar-refractivity contribution in [3.63, 3.8) is 0 Å². The number of esters is 2. The topological polar surface area (TPSA) is 119 Å². The van der Waals surface area contributed by atoms with Gasteiger partial charge in [-0.3, -0.25) is 14.1 Å². The van der Waals surface area contributed by atoms with E-state index in [4.69, 9.17) is 19.3 Å². The number of unbranched alkanes of at least 4 members (excludes halogenated alkanes) is 20. The average molecular weight is 713 g/mol. The summed E-state index contributed by atoms with van der Waals surface area (Å²) in [4.78, 5) is 42.7. The zero-order valence-electron chi connectivity index (χ0n) is 31.3. The highest BCUT2D eigenvalue weighted by Gasteiger charge is 2.22. The molecule has 2 N–H and O–H groups in total. The normalized spacial score (nSPS) is 12.8. The Balaban J connectivity index is 4.02. The van der Waals surface area contributed by atoms with Crippen molar-refractivity contribution < 1.29 is 37.9 Å². The van der Waals surface area contributed by atoms with E-state index in [2.05, 4.69) is 48.8 Å². The molecule has 0 amide bonds. The van der Waals surface area contributed by atoms with Crippen molar-refractivity contribution in [2.45, 2.75) is 193 Å². The molecular formula is C40H73O8P. The molecule has 8 nitrogen and oxygen atoms in total. The van der Waals surface area contributed by atoms with Gasteiger partial charge in [0.15, 0.2) is 6.10 Å². The molecule has 0 aliphatic carbocycles. The molecule has 0 aliphatic rings. The van der Waals surface area contributed by atoms with Gasteiger partial charge in [-0.25, -0.2) is 4.57 Å². The third-order valence-electron chi connectivity index (χ3n) is 8.41. The van der Waals surface area contributed by atoms with Crippen molar-refractivity contribution in [3.05, 3.63) is 36.5 Å². The third-order valence-corrected chi connectivity index (χ3v) is 8.90. The van der Waals surface area contributed by atoms with Crippen LogP contribution in [0, 0.1) is 0 Å². The Morgan fingerprint density at radius 2 is 0.939 bits per heavy atom. The maximum absolute atomic E-state index is 12.4. The first kappa shape index (κ1) is 47.3. The van der Waals surface area contributed by atoms with Crippen LogP contribution in [0.2, 0.25) is 0 Å². The number of phosphoric acid groups is 1. The Labute approximate surface area is 300 Å². The van der Waals surface area contributed by atoms with E-state index in [-0.39, 0.29) is 19.4 Å². The molecule has 0 aromatic carbocycles. The van der Waals surface area contributed by atoms with Gasteiger partial charge in [0, 0.05) is 12.8 Å². The van der Waals surface area contributed by atoms with Crippen molar-refractivity contribution in [1.29, 1.82) is 0 Å². The molecule has 0 fully saturated rings. The molecule has 286 valence electrons. The van der Waals surface area contributed by atoms with E-state index < -0.39 is 32.5 Å². The number of rotatable bonds is 36. The van der Waals surface area contributed by atoms with Crippen LogP contribution in [-0.2, 0) is 28.2 Å². The summed E-state index contributed by atoms with van der Waals surface area (Å²) in [6.45, 7) is 3.63. The zero-order valence-corrected chi connectivity index (χ0v) is 32.2. The van der Waals surface area contributed by atoms with Crippen molar-refractivity contribution in [3.8, 4) is 0 Å². The largest absolute Gasteiger partial charge is 0.469 e. The van der Waals surface area contributed by atoms with Gasteiger partial charge < -0.3 is 19.3 Å². The molecule has 9 heteroatoms. The summed E-state index contributed by atoms with van der Waals surface area (Å²) in [7, 11) is -4.76. The lowest BCUT2D eigenvalue weighted by molar-refractivity contribution is -0.161. The van der Waals surface area contributed by atoms with Gasteiger partial charge in [0.1, 0.15) is 6.61 Å². The Morgan fingerprint density at radius 1 is 0.531 bits per heavy atom. The maximum atomic E-state index is 12.4. The quantitative estimate of drug-likeness (QED) is 0.0285. The van der Waals surface area contributed by atoms with Crippen LogP contribution in [0.25, 0.3) is 0 Å². The number of allylic oxidation sites excluding steroid dienone is 6. The summed E-state index contributed by atoms with van der Waals surface area (Å²) in [6, 6.07) is 0. The lowest BCUT2D eigenvalue weighted by Crippen LogP contribution is -2.29. The molecule has 1 atom stereocenters. The second kappa shape index (κ2) is 36.1. The van der Waals surface area contributed by atoms with Gasteiger partial charge in [-0.2, -0.15) is 0 Å². The minimum atomic E-state index is -4.76. The molecule has 0 aromatic heterocycles. The smallest absolute Gasteiger partial charge is 0.462 e. The highest BCUT2D eigenvalue weighted by molar-refractivity contribution is 7.46. The highest BCUT2D eigenvalue weighted by atomic mass is 31.2. The Kier molecular flexibility index (Phi) is 34.8. The predicted octanol–water partition coefficient (Wildman–Crippen LogP) is 11.8. The summed E-state index contributed by atoms with van der Waals surface area (Å²) in [5.41, 5.74) is 0. The Bertz CT molecular complexity index is 895. The molecule has 0 aromatic rings. The zero-order chi connectivity index (χ0) is 36.1. The monoisotopic (exact) mass is 713 g/mol. The number of carbonyl (C=O) groups excluding carboxylic acids is 2. The van der Waals surface area contributed by atoms with Crippen LogP contribution < -0.4 is 0 Å². The van der Waals surface area contributed by atoms with Crippen LogP contribution in [0.3, 0.4) is 0 Å². The third kappa shape index (κ3) is 38.9. The molecule has 0 aliphatic heterocycles. The summed E-state index contributed by atoms with van der Waals surface area (Å²) in [5.74, 6) is -0.942. The van der Waals surface area contributed by atoms with Crippen molar-refractivity contribution in [1.82, 2.24) is 0 Å². The number of ether oxygens (including phenoxy) is 2. The van der Waals surface area contributed by atoms with Gasteiger partial charge >= 0.3 is 19.8 Å². The van der Waals surface area contributed by atoms with E-state index in [0.29, 0.717) is 12.8 Å². The standard InChI is InChI=1S/C40H73O8P/c1-3-5-7-9-11-13-15-17-19-20-21-23-24-26-28-30-32-34-39(41)46-36-38(37-47-49(43,44)45)48-40(42)35-33-31-29-27-25-22-18-16-14-12-10-8-6-4-2/h17,19,21,23,26,28,38H,3-16,18,20,22,24-25,27,29-37H2,1-2H3,(H2,43,44,45)/b19-17+,23-21+,28-26+/t38-/m1/s1. The minimum absolute atomic E-state index is 0.197. The number of hydrogen-bond acceptors (Lipinski definition) is 6. The summed E-state index contributed by atoms with van der Waals surface area (Å²) in [6.07, 6.45) is 41.6. The predicted molar refractivity (Wildman–Crippen MR) is 202 cm³/mol. The molecule has 49 heavy (non-hydrogen) atoms. The van der Waals surface area contributed by atoms with E-state index in [1.165, 1.54) is 103 Å². The first-order valence-electron chi connectivity index (χ1n) is 19.8. The Morgan fingerprint density at radius 3 is 1.43 bits per heavy atom. The fourth-order valence-electron chi connectivity index (χ4n) is 5.45. The van der Waals surface area contributed by atoms with E-state index in [1.807, 2.05) is 6.08 Å². The SMILES string of the molecule is CCCCCCCC/C=C/C/C=C/C/C=C/CCCC(=O)OC[C@H](COP(=O)(O)O)OC(=O)CCCCCCCCCCCCCCCC. The second-order valence-electron chi connectivity index (χ2n) is 13.3. The molecule has 0 saturated carbocycles. The second-order valence-corrected chi connectivity index (χ2v) is 14.5. The molecule has 0 radical (unpaired) electrons. The fourth-order valence-corrected chi connectivity index (χ4v) is 5.81. The van der Waals surface area contributed by atoms with E-state index in [9.17, 15) is 14.2 Å². The van der Waals surface area contributed by atoms with Crippen molar-refractivity contribution in [2.75, 3.05) is 13.2 Å². The highest BCUT2D eigenvalue weighted by Crippen LogP contribution is 2.36. The number of phosphoric ester groups is 1. The molecular weight excluding hydrogens is 639 g/mol. The van der Waals surface area contributed by atoms with E-state index >= 15 is 0 Å². The first-order valence-corrected chi connectivity index (χ1v) is 21.3. The van der Waals surface area contributed by atoms with Crippen LogP contribution in [0.4, 0.5) is 0 Å². The maximum Gasteiger partial charge on any atom is 0.469 e. The van der Waals surface area contributed by atoms with Crippen LogP contribution >= 0.6 is 7.82 Å². The fraction of sp³-hybridized carbons (Fsp3) is 0.800. The lowest BCUT2D eigenvalue weighted by atomic mass is 10.0. The van der Waals surface area contributed by atoms with Crippen molar-refractivity contribution in [2.24, 2.45) is 0 Å². The molecule has 0 unspecified atom stereocenters. The number of carbonyl (C=O) groups is 2. The van der Waals surface area contributed by atoms with E-state index in [1.54, 1.807) is 0 Å². The minimum Gasteiger partial charge on any atom is -0.462 e. The summed E-state index contributed by atoms with van der Waals surface area (Å²) < 4.78 is 26.3. The number of hydrogen-bond donors (Lipinski definition) is 2. The lowest BCUT2D eigenvalue weighted by Gasteiger charge is -2.18. The van der Waals surface area contributed by atoms with Crippen molar-refractivity contribution >= 4 is 19.8 Å². The van der Waals surface area contributed by atoms with Gasteiger partial charge in [0.25, 0.3) is 0 Å². The van der Waals surface area contributed by atoms with E-state index in [0.717, 1.165) is 44.9 Å². The molecule has 0 bridgehead atoms. The molecule has 0 saturated heterocycles. The van der Waals surface area contributed by atoms with Gasteiger partial charge in [-0.1, -0.05) is 166 Å². The summed E-state index contributed by atoms with van der Waals surface area (Å²) >= 11 is 0. The average Bonchev–Trinajstić information content (AvgIpc) is 3.07. The van der Waals surface area contributed by atoms with Gasteiger partial charge in [0.05, 0.1) is 6.61 Å². The van der Waals surface area contributed by atoms with Crippen LogP contribution in [0.1, 0.15) is 187 Å². The summed E-state index contributed by atoms with van der Waals surface area (Å²) in [5, 5.41) is 0.